The van der Waals surface area contributed by atoms with E-state index >= 15 is 0 Å². The van der Waals surface area contributed by atoms with E-state index in [2.05, 4.69) is 15.3 Å². The van der Waals surface area contributed by atoms with Gasteiger partial charge >= 0.3 is 0 Å². The summed E-state index contributed by atoms with van der Waals surface area (Å²) in [5, 5.41) is 22.8. The van der Waals surface area contributed by atoms with Crippen LogP contribution < -0.4 is 5.32 Å². The van der Waals surface area contributed by atoms with Crippen LogP contribution in [0.25, 0.3) is 11.3 Å². The number of aliphatic hydroxyl groups is 2. The Morgan fingerprint density at radius 3 is 2.50 bits per heavy atom. The summed E-state index contributed by atoms with van der Waals surface area (Å²) >= 11 is 0. The van der Waals surface area contributed by atoms with Gasteiger partial charge in [0.05, 0.1) is 17.9 Å². The average molecular weight is 353 g/mol. The third-order valence-electron chi connectivity index (χ3n) is 4.07. The molecule has 5 nitrogen and oxygen atoms in total. The molecule has 0 aliphatic rings. The van der Waals surface area contributed by atoms with Crippen molar-refractivity contribution in [3.8, 4) is 11.3 Å². The van der Waals surface area contributed by atoms with Crippen LogP contribution in [0.1, 0.15) is 30.3 Å². The Labute approximate surface area is 151 Å². The summed E-state index contributed by atoms with van der Waals surface area (Å²) in [5.74, 6) is 0.0510. The molecule has 134 valence electrons. The molecule has 0 radical (unpaired) electrons. The molecule has 0 bridgehead atoms. The molecular weight excluding hydrogens is 333 g/mol. The Kier molecular flexibility index (Phi) is 5.55. The van der Waals surface area contributed by atoms with Crippen LogP contribution in [0.2, 0.25) is 0 Å². The highest BCUT2D eigenvalue weighted by Gasteiger charge is 2.11. The van der Waals surface area contributed by atoms with Crippen LogP contribution in [0.4, 0.5) is 10.2 Å². The maximum atomic E-state index is 14.1. The van der Waals surface area contributed by atoms with Crippen molar-refractivity contribution >= 4 is 5.82 Å². The van der Waals surface area contributed by atoms with Gasteiger partial charge in [0.15, 0.2) is 0 Å². The minimum Gasteiger partial charge on any atom is -0.389 e. The van der Waals surface area contributed by atoms with Gasteiger partial charge in [-0.1, -0.05) is 42.5 Å². The number of nitrogens with one attached hydrogen (secondary N) is 1. The number of aliphatic hydroxyl groups excluding tert-OH is 2. The molecule has 3 aromatic rings. The van der Waals surface area contributed by atoms with Crippen molar-refractivity contribution in [1.29, 1.82) is 0 Å². The molecule has 0 amide bonds. The number of hydrogen-bond donors (Lipinski definition) is 3. The van der Waals surface area contributed by atoms with Gasteiger partial charge in [0.2, 0.25) is 0 Å². The zero-order chi connectivity index (χ0) is 18.5. The van der Waals surface area contributed by atoms with Crippen LogP contribution in [0.3, 0.4) is 0 Å². The molecule has 3 rings (SSSR count). The molecule has 1 heterocycles. The summed E-state index contributed by atoms with van der Waals surface area (Å²) in [7, 11) is 0. The van der Waals surface area contributed by atoms with E-state index in [0.717, 1.165) is 5.56 Å². The molecule has 2 unspecified atom stereocenters. The number of anilines is 1. The highest BCUT2D eigenvalue weighted by Crippen LogP contribution is 2.24. The number of nitrogens with zero attached hydrogens (tertiary/aromatic N) is 2. The highest BCUT2D eigenvalue weighted by atomic mass is 19.1. The van der Waals surface area contributed by atoms with Gasteiger partial charge < -0.3 is 15.5 Å². The van der Waals surface area contributed by atoms with Crippen LogP contribution in [0.5, 0.6) is 0 Å². The lowest BCUT2D eigenvalue weighted by molar-refractivity contribution is 0.191. The smallest absolute Gasteiger partial charge is 0.130 e. The topological polar surface area (TPSA) is 78.3 Å². The largest absolute Gasteiger partial charge is 0.389 e. The molecule has 0 aliphatic heterocycles. The third kappa shape index (κ3) is 4.22. The standard InChI is InChI=1S/C20H20FN3O2/c1-13(25)16-8-7-15(9-17(16)21)18-10-20(24-12-23-18)22-11-19(26)14-5-3-2-4-6-14/h2-10,12-13,19,25-26H,11H2,1H3,(H,22,23,24). The Balaban J connectivity index is 1.73. The maximum absolute atomic E-state index is 14.1. The number of halogens is 1. The van der Waals surface area contributed by atoms with Gasteiger partial charge in [-0.3, -0.25) is 0 Å². The van der Waals surface area contributed by atoms with E-state index in [9.17, 15) is 14.6 Å². The zero-order valence-electron chi connectivity index (χ0n) is 14.3. The molecule has 3 N–H and O–H groups in total. The molecular formula is C20H20FN3O2. The normalized spacial score (nSPS) is 13.2. The number of rotatable bonds is 6. The fourth-order valence-corrected chi connectivity index (χ4v) is 2.63. The van der Waals surface area contributed by atoms with E-state index in [1.54, 1.807) is 18.2 Å². The lowest BCUT2D eigenvalue weighted by Crippen LogP contribution is -2.13. The van der Waals surface area contributed by atoms with Crippen LogP contribution in [0, 0.1) is 5.82 Å². The Bertz CT molecular complexity index is 872. The van der Waals surface area contributed by atoms with Gasteiger partial charge in [-0.2, -0.15) is 0 Å². The van der Waals surface area contributed by atoms with E-state index in [1.807, 2.05) is 30.3 Å². The number of hydrogen-bond acceptors (Lipinski definition) is 5. The van der Waals surface area contributed by atoms with E-state index < -0.39 is 18.0 Å². The SMILES string of the molecule is CC(O)c1ccc(-c2cc(NCC(O)c3ccccc3)ncn2)cc1F. The lowest BCUT2D eigenvalue weighted by atomic mass is 10.0. The molecule has 1 aromatic heterocycles. The second-order valence-electron chi connectivity index (χ2n) is 6.01. The first-order valence-corrected chi connectivity index (χ1v) is 8.31. The summed E-state index contributed by atoms with van der Waals surface area (Å²) < 4.78 is 14.1. The van der Waals surface area contributed by atoms with Gasteiger partial charge in [-0.25, -0.2) is 14.4 Å². The van der Waals surface area contributed by atoms with Crippen molar-refractivity contribution in [1.82, 2.24) is 9.97 Å². The van der Waals surface area contributed by atoms with Crippen molar-refractivity contribution in [2.75, 3.05) is 11.9 Å². The average Bonchev–Trinajstić information content (AvgIpc) is 2.66. The minimum atomic E-state index is -0.869. The summed E-state index contributed by atoms with van der Waals surface area (Å²) in [6.45, 7) is 1.80. The molecule has 0 saturated heterocycles. The third-order valence-corrected chi connectivity index (χ3v) is 4.07. The molecule has 2 aromatic carbocycles. The fraction of sp³-hybridized carbons (Fsp3) is 0.200. The quantitative estimate of drug-likeness (QED) is 0.632. The highest BCUT2D eigenvalue weighted by molar-refractivity contribution is 5.62. The van der Waals surface area contributed by atoms with E-state index in [0.29, 0.717) is 17.1 Å². The first-order valence-electron chi connectivity index (χ1n) is 8.31. The summed E-state index contributed by atoms with van der Waals surface area (Å²) in [6.07, 6.45) is -0.156. The van der Waals surface area contributed by atoms with Gasteiger partial charge in [0.1, 0.15) is 18.0 Å². The van der Waals surface area contributed by atoms with Gasteiger partial charge in [-0.05, 0) is 18.6 Å². The molecule has 0 fully saturated rings. The first kappa shape index (κ1) is 18.0. The first-order chi connectivity index (χ1) is 12.5. The maximum Gasteiger partial charge on any atom is 0.130 e. The van der Waals surface area contributed by atoms with Gasteiger partial charge in [0, 0.05) is 23.7 Å². The van der Waals surface area contributed by atoms with Crippen molar-refractivity contribution < 1.29 is 14.6 Å². The van der Waals surface area contributed by atoms with Crippen molar-refractivity contribution in [3.63, 3.8) is 0 Å². The summed E-state index contributed by atoms with van der Waals surface area (Å²) in [4.78, 5) is 8.30. The summed E-state index contributed by atoms with van der Waals surface area (Å²) in [6, 6.07) is 15.6. The van der Waals surface area contributed by atoms with Crippen LogP contribution in [0.15, 0.2) is 60.9 Å². The number of aromatic nitrogens is 2. The molecule has 26 heavy (non-hydrogen) atoms. The van der Waals surface area contributed by atoms with E-state index in [1.165, 1.54) is 19.3 Å². The monoisotopic (exact) mass is 353 g/mol. The van der Waals surface area contributed by atoms with Crippen molar-refractivity contribution in [2.45, 2.75) is 19.1 Å². The lowest BCUT2D eigenvalue weighted by Gasteiger charge is -2.13. The summed E-state index contributed by atoms with van der Waals surface area (Å²) in [5.41, 5.74) is 2.19. The minimum absolute atomic E-state index is 0.243. The molecule has 6 heteroatoms. The molecule has 0 saturated carbocycles. The molecule has 0 spiro atoms. The second-order valence-corrected chi connectivity index (χ2v) is 6.01. The van der Waals surface area contributed by atoms with E-state index in [4.69, 9.17) is 0 Å². The number of benzene rings is 2. The predicted molar refractivity (Wildman–Crippen MR) is 98.0 cm³/mol. The Morgan fingerprint density at radius 2 is 1.81 bits per heavy atom. The van der Waals surface area contributed by atoms with Gasteiger partial charge in [-0.15, -0.1) is 0 Å². The predicted octanol–water partition coefficient (Wildman–Crippen LogP) is 3.48. The van der Waals surface area contributed by atoms with Crippen LogP contribution in [-0.4, -0.2) is 26.7 Å². The van der Waals surface area contributed by atoms with Crippen LogP contribution >= 0.6 is 0 Å². The second kappa shape index (κ2) is 8.03. The van der Waals surface area contributed by atoms with E-state index in [-0.39, 0.29) is 12.1 Å². The fourth-order valence-electron chi connectivity index (χ4n) is 2.63. The Morgan fingerprint density at radius 1 is 1.04 bits per heavy atom. The molecule has 0 aliphatic carbocycles. The molecule has 2 atom stereocenters. The zero-order valence-corrected chi connectivity index (χ0v) is 14.3. The van der Waals surface area contributed by atoms with Crippen LogP contribution in [-0.2, 0) is 0 Å². The van der Waals surface area contributed by atoms with Gasteiger partial charge in [0.25, 0.3) is 0 Å². The van der Waals surface area contributed by atoms with Crippen molar-refractivity contribution in [3.05, 3.63) is 77.9 Å². The van der Waals surface area contributed by atoms with Crippen molar-refractivity contribution in [2.24, 2.45) is 0 Å². The Hall–Kier alpha value is -2.83.